The van der Waals surface area contributed by atoms with E-state index in [4.69, 9.17) is 16.3 Å². The summed E-state index contributed by atoms with van der Waals surface area (Å²) in [7, 11) is 3.70. The molecule has 1 N–H and O–H groups in total. The number of methoxy groups -OCH3 is 1. The molecule has 0 unspecified atom stereocenters. The normalized spacial score (nSPS) is 10.5. The van der Waals surface area contributed by atoms with E-state index in [1.807, 2.05) is 25.2 Å². The van der Waals surface area contributed by atoms with Crippen LogP contribution in [0.2, 0.25) is 5.02 Å². The molecule has 0 aliphatic rings. The quantitative estimate of drug-likeness (QED) is 0.716. The molecule has 17 heavy (non-hydrogen) atoms. The third-order valence-corrected chi connectivity index (χ3v) is 3.10. The molecule has 0 radical (unpaired) electrons. The van der Waals surface area contributed by atoms with Gasteiger partial charge in [-0.15, -0.1) is 0 Å². The molecule has 0 bridgehead atoms. The van der Waals surface area contributed by atoms with Crippen LogP contribution >= 0.6 is 11.6 Å². The predicted molar refractivity (Wildman–Crippen MR) is 74.1 cm³/mol. The first kappa shape index (κ1) is 14.3. The van der Waals surface area contributed by atoms with Crippen LogP contribution in [0.4, 0.5) is 0 Å². The molecule has 0 aromatic heterocycles. The smallest absolute Gasteiger partial charge is 0.122 e. The van der Waals surface area contributed by atoms with Gasteiger partial charge in [0.15, 0.2) is 0 Å². The minimum absolute atomic E-state index is 0.788. The van der Waals surface area contributed by atoms with E-state index in [0.717, 1.165) is 23.7 Å². The lowest BCUT2D eigenvalue weighted by molar-refractivity contribution is 0.408. The molecule has 2 nitrogen and oxygen atoms in total. The highest BCUT2D eigenvalue weighted by atomic mass is 35.5. The largest absolute Gasteiger partial charge is 0.496 e. The number of halogens is 1. The average molecular weight is 256 g/mol. The van der Waals surface area contributed by atoms with Crippen LogP contribution in [0.15, 0.2) is 18.2 Å². The second kappa shape index (κ2) is 8.37. The molecule has 0 aliphatic heterocycles. The number of nitrogens with one attached hydrogen (secondary N) is 1. The molecule has 0 fully saturated rings. The van der Waals surface area contributed by atoms with Crippen LogP contribution in [0.3, 0.4) is 0 Å². The Morgan fingerprint density at radius 2 is 1.94 bits per heavy atom. The van der Waals surface area contributed by atoms with Gasteiger partial charge in [-0.2, -0.15) is 0 Å². The molecule has 0 heterocycles. The molecule has 96 valence electrons. The Hall–Kier alpha value is -0.730. The van der Waals surface area contributed by atoms with Crippen LogP contribution in [-0.4, -0.2) is 20.7 Å². The monoisotopic (exact) mass is 255 g/mol. The summed E-state index contributed by atoms with van der Waals surface area (Å²) in [5.74, 6) is 0.949. The van der Waals surface area contributed by atoms with Gasteiger partial charge in [0.05, 0.1) is 7.11 Å². The minimum Gasteiger partial charge on any atom is -0.496 e. The molecule has 1 aromatic rings. The van der Waals surface area contributed by atoms with Gasteiger partial charge >= 0.3 is 0 Å². The van der Waals surface area contributed by atoms with E-state index >= 15 is 0 Å². The Balaban J connectivity index is 2.32. The molecule has 3 heteroatoms. The Bertz CT molecular complexity index is 328. The fraction of sp³-hybridized carbons (Fsp3) is 0.571. The number of aryl methyl sites for hydroxylation is 1. The summed E-state index contributed by atoms with van der Waals surface area (Å²) in [5, 5.41) is 3.95. The lowest BCUT2D eigenvalue weighted by Crippen LogP contribution is -2.06. The van der Waals surface area contributed by atoms with Crippen molar-refractivity contribution in [1.82, 2.24) is 5.32 Å². The van der Waals surface area contributed by atoms with E-state index in [9.17, 15) is 0 Å². The van der Waals surface area contributed by atoms with Crippen molar-refractivity contribution in [2.24, 2.45) is 0 Å². The van der Waals surface area contributed by atoms with Gasteiger partial charge in [-0.25, -0.2) is 0 Å². The number of hydrogen-bond donors (Lipinski definition) is 1. The van der Waals surface area contributed by atoms with Crippen molar-refractivity contribution in [2.45, 2.75) is 32.1 Å². The number of unbranched alkanes of at least 4 members (excludes halogenated alkanes) is 3. The summed E-state index contributed by atoms with van der Waals surface area (Å²) >= 11 is 5.99. The third kappa shape index (κ3) is 5.42. The fourth-order valence-electron chi connectivity index (χ4n) is 1.91. The molecule has 0 amide bonds. The SMILES string of the molecule is CNCCCCCCc1cc(Cl)ccc1OC. The Labute approximate surface area is 109 Å². The first-order valence-corrected chi connectivity index (χ1v) is 6.62. The highest BCUT2D eigenvalue weighted by molar-refractivity contribution is 6.30. The van der Waals surface area contributed by atoms with Crippen LogP contribution in [0.25, 0.3) is 0 Å². The Morgan fingerprint density at radius 3 is 2.65 bits per heavy atom. The van der Waals surface area contributed by atoms with E-state index in [1.54, 1.807) is 7.11 Å². The molecule has 0 atom stereocenters. The molecule has 0 aliphatic carbocycles. The van der Waals surface area contributed by atoms with Gasteiger partial charge in [0.2, 0.25) is 0 Å². The zero-order valence-corrected chi connectivity index (χ0v) is 11.5. The lowest BCUT2D eigenvalue weighted by Gasteiger charge is -2.08. The zero-order chi connectivity index (χ0) is 12.5. The third-order valence-electron chi connectivity index (χ3n) is 2.87. The Morgan fingerprint density at radius 1 is 1.18 bits per heavy atom. The highest BCUT2D eigenvalue weighted by Crippen LogP contribution is 2.24. The van der Waals surface area contributed by atoms with E-state index in [2.05, 4.69) is 5.32 Å². The molecule has 1 aromatic carbocycles. The van der Waals surface area contributed by atoms with E-state index < -0.39 is 0 Å². The van der Waals surface area contributed by atoms with Crippen molar-refractivity contribution < 1.29 is 4.74 Å². The van der Waals surface area contributed by atoms with Crippen molar-refractivity contribution in [2.75, 3.05) is 20.7 Å². The maximum absolute atomic E-state index is 5.99. The first-order chi connectivity index (χ1) is 8.27. The molecular formula is C14H22ClNO. The topological polar surface area (TPSA) is 21.3 Å². The van der Waals surface area contributed by atoms with Crippen LogP contribution in [0, 0.1) is 0 Å². The highest BCUT2D eigenvalue weighted by Gasteiger charge is 2.03. The van der Waals surface area contributed by atoms with Crippen molar-refractivity contribution in [3.05, 3.63) is 28.8 Å². The zero-order valence-electron chi connectivity index (χ0n) is 10.8. The predicted octanol–water partition coefficient (Wildman–Crippen LogP) is 3.67. The fourth-order valence-corrected chi connectivity index (χ4v) is 2.11. The second-order valence-corrected chi connectivity index (χ2v) is 4.66. The first-order valence-electron chi connectivity index (χ1n) is 6.25. The summed E-state index contributed by atoms with van der Waals surface area (Å²) in [4.78, 5) is 0. The van der Waals surface area contributed by atoms with Crippen LogP contribution in [-0.2, 0) is 6.42 Å². The number of benzene rings is 1. The molecule has 0 spiro atoms. The van der Waals surface area contributed by atoms with Gasteiger partial charge in [0, 0.05) is 5.02 Å². The lowest BCUT2D eigenvalue weighted by atomic mass is 10.1. The van der Waals surface area contributed by atoms with Gasteiger partial charge in [-0.05, 0) is 56.6 Å². The average Bonchev–Trinajstić information content (AvgIpc) is 2.34. The van der Waals surface area contributed by atoms with E-state index in [0.29, 0.717) is 0 Å². The van der Waals surface area contributed by atoms with E-state index in [1.165, 1.54) is 31.2 Å². The van der Waals surface area contributed by atoms with Crippen molar-refractivity contribution >= 4 is 11.6 Å². The summed E-state index contributed by atoms with van der Waals surface area (Å²) in [6, 6.07) is 5.82. The van der Waals surface area contributed by atoms with Crippen molar-refractivity contribution in [3.8, 4) is 5.75 Å². The van der Waals surface area contributed by atoms with Gasteiger partial charge in [-0.3, -0.25) is 0 Å². The molecule has 1 rings (SSSR count). The van der Waals surface area contributed by atoms with Gasteiger partial charge in [-0.1, -0.05) is 24.4 Å². The summed E-state index contributed by atoms with van der Waals surface area (Å²) < 4.78 is 5.33. The molecule has 0 saturated heterocycles. The standard InChI is InChI=1S/C14H22ClNO/c1-16-10-6-4-3-5-7-12-11-13(15)8-9-14(12)17-2/h8-9,11,16H,3-7,10H2,1-2H3. The summed E-state index contributed by atoms with van der Waals surface area (Å²) in [5.41, 5.74) is 1.22. The van der Waals surface area contributed by atoms with Crippen LogP contribution < -0.4 is 10.1 Å². The van der Waals surface area contributed by atoms with Gasteiger partial charge in [0.25, 0.3) is 0 Å². The second-order valence-electron chi connectivity index (χ2n) is 4.22. The van der Waals surface area contributed by atoms with Crippen molar-refractivity contribution in [1.29, 1.82) is 0 Å². The maximum atomic E-state index is 5.99. The number of ether oxygens (including phenoxy) is 1. The molecular weight excluding hydrogens is 234 g/mol. The summed E-state index contributed by atoms with van der Waals surface area (Å²) in [6.07, 6.45) is 6.04. The maximum Gasteiger partial charge on any atom is 0.122 e. The van der Waals surface area contributed by atoms with Gasteiger partial charge in [0.1, 0.15) is 5.75 Å². The summed E-state index contributed by atoms with van der Waals surface area (Å²) in [6.45, 7) is 1.11. The van der Waals surface area contributed by atoms with E-state index in [-0.39, 0.29) is 0 Å². The number of rotatable bonds is 8. The van der Waals surface area contributed by atoms with Gasteiger partial charge < -0.3 is 10.1 Å². The van der Waals surface area contributed by atoms with Crippen LogP contribution in [0.1, 0.15) is 31.2 Å². The Kier molecular flexibility index (Phi) is 7.06. The number of hydrogen-bond acceptors (Lipinski definition) is 2. The van der Waals surface area contributed by atoms with Crippen LogP contribution in [0.5, 0.6) is 5.75 Å². The molecule has 0 saturated carbocycles. The van der Waals surface area contributed by atoms with Crippen molar-refractivity contribution in [3.63, 3.8) is 0 Å². The minimum atomic E-state index is 0.788.